The molecule has 3 aromatic heterocycles. The molecular formula is C25H23ClFN5OS. The van der Waals surface area contributed by atoms with E-state index in [-0.39, 0.29) is 18.2 Å². The van der Waals surface area contributed by atoms with Gasteiger partial charge in [0.15, 0.2) is 5.82 Å². The van der Waals surface area contributed by atoms with E-state index < -0.39 is 5.67 Å². The van der Waals surface area contributed by atoms with Gasteiger partial charge in [-0.3, -0.25) is 19.8 Å². The minimum atomic E-state index is -1.22. The number of carbonyl (C=O) groups is 1. The number of halogens is 2. The maximum absolute atomic E-state index is 14.6. The molecule has 0 bridgehead atoms. The molecule has 4 heterocycles. The van der Waals surface area contributed by atoms with Crippen molar-refractivity contribution in [3.8, 4) is 21.1 Å². The summed E-state index contributed by atoms with van der Waals surface area (Å²) in [6.07, 6.45) is 3.49. The molecule has 6 nitrogen and oxygen atoms in total. The Morgan fingerprint density at radius 2 is 2.00 bits per heavy atom. The van der Waals surface area contributed by atoms with Crippen LogP contribution in [0.25, 0.3) is 21.1 Å². The number of thiophene rings is 1. The van der Waals surface area contributed by atoms with Crippen LogP contribution < -0.4 is 0 Å². The third-order valence-corrected chi connectivity index (χ3v) is 7.29. The zero-order chi connectivity index (χ0) is 23.9. The summed E-state index contributed by atoms with van der Waals surface area (Å²) < 4.78 is 14.6. The van der Waals surface area contributed by atoms with E-state index in [4.69, 9.17) is 11.6 Å². The second-order valence-electron chi connectivity index (χ2n) is 8.92. The predicted molar refractivity (Wildman–Crippen MR) is 132 cm³/mol. The molecule has 1 atom stereocenters. The second-order valence-corrected chi connectivity index (χ2v) is 10.4. The quantitative estimate of drug-likeness (QED) is 0.365. The van der Waals surface area contributed by atoms with Gasteiger partial charge in [0.2, 0.25) is 0 Å². The molecule has 0 aliphatic carbocycles. The van der Waals surface area contributed by atoms with E-state index in [0.717, 1.165) is 32.1 Å². The van der Waals surface area contributed by atoms with Crippen LogP contribution in [0.5, 0.6) is 0 Å². The topological polar surface area (TPSA) is 74.8 Å². The number of nitrogens with zero attached hydrogens (tertiary/aromatic N) is 4. The van der Waals surface area contributed by atoms with Crippen molar-refractivity contribution in [2.45, 2.75) is 32.0 Å². The standard InChI is InChI=1S/C25H23ClFN5OS/c1-15(33)9-19-10-17(7-8-28-19)21-11-20(23(34-21)24-29-14-30-31-24)22(32-12-25(2,27)13-32)16-3-5-18(26)6-4-16/h3-8,10-11,14,22H,9,12-13H2,1-2H3,(H,29,30,31). The first kappa shape index (κ1) is 22.8. The Kier molecular flexibility index (Phi) is 6.06. The van der Waals surface area contributed by atoms with E-state index >= 15 is 0 Å². The van der Waals surface area contributed by atoms with Crippen LogP contribution in [-0.4, -0.2) is 49.6 Å². The molecule has 1 saturated heterocycles. The molecule has 1 fully saturated rings. The van der Waals surface area contributed by atoms with Crippen molar-refractivity contribution < 1.29 is 9.18 Å². The number of ketones is 1. The highest BCUT2D eigenvalue weighted by atomic mass is 35.5. The maximum atomic E-state index is 14.6. The first-order valence-electron chi connectivity index (χ1n) is 10.9. The molecule has 0 radical (unpaired) electrons. The highest BCUT2D eigenvalue weighted by molar-refractivity contribution is 7.19. The molecule has 34 heavy (non-hydrogen) atoms. The molecule has 0 saturated carbocycles. The summed E-state index contributed by atoms with van der Waals surface area (Å²) in [5, 5.41) is 7.68. The average Bonchev–Trinajstić information content (AvgIpc) is 3.44. The molecule has 0 spiro atoms. The number of hydrogen-bond acceptors (Lipinski definition) is 6. The van der Waals surface area contributed by atoms with Gasteiger partial charge in [0.05, 0.1) is 10.9 Å². The lowest BCUT2D eigenvalue weighted by Crippen LogP contribution is -2.58. The minimum absolute atomic E-state index is 0.0636. The fourth-order valence-corrected chi connectivity index (χ4v) is 5.71. The minimum Gasteiger partial charge on any atom is -0.300 e. The summed E-state index contributed by atoms with van der Waals surface area (Å²) in [6, 6.07) is 13.5. The van der Waals surface area contributed by atoms with Gasteiger partial charge < -0.3 is 0 Å². The number of hydrogen-bond donors (Lipinski definition) is 1. The van der Waals surface area contributed by atoms with Gasteiger partial charge >= 0.3 is 0 Å². The SMILES string of the molecule is CC(=O)Cc1cc(-c2cc(C(c3ccc(Cl)cc3)N3CC(C)(F)C3)c(-c3ncn[nH]3)s2)ccn1. The van der Waals surface area contributed by atoms with Crippen molar-refractivity contribution >= 4 is 28.7 Å². The maximum Gasteiger partial charge on any atom is 0.165 e. The average molecular weight is 496 g/mol. The van der Waals surface area contributed by atoms with E-state index in [0.29, 0.717) is 23.9 Å². The lowest BCUT2D eigenvalue weighted by atomic mass is 9.89. The fraction of sp³-hybridized carbons (Fsp3) is 0.280. The summed E-state index contributed by atoms with van der Waals surface area (Å²) in [5.41, 5.74) is 2.52. The molecular weight excluding hydrogens is 473 g/mol. The van der Waals surface area contributed by atoms with Crippen LogP contribution in [0.4, 0.5) is 4.39 Å². The number of benzene rings is 1. The van der Waals surface area contributed by atoms with Gasteiger partial charge in [0.25, 0.3) is 0 Å². The number of H-pyrrole nitrogens is 1. The van der Waals surface area contributed by atoms with Gasteiger partial charge in [0, 0.05) is 41.3 Å². The van der Waals surface area contributed by atoms with Crippen molar-refractivity contribution in [2.75, 3.05) is 13.1 Å². The molecule has 5 rings (SSSR count). The Morgan fingerprint density at radius 3 is 2.65 bits per heavy atom. The summed E-state index contributed by atoms with van der Waals surface area (Å²) in [7, 11) is 0. The second kappa shape index (κ2) is 9.02. The van der Waals surface area contributed by atoms with Gasteiger partial charge in [-0.15, -0.1) is 11.3 Å². The highest BCUT2D eigenvalue weighted by Gasteiger charge is 2.44. The highest BCUT2D eigenvalue weighted by Crippen LogP contribution is 2.46. The molecule has 1 aromatic carbocycles. The molecule has 1 unspecified atom stereocenters. The van der Waals surface area contributed by atoms with Crippen LogP contribution in [0.3, 0.4) is 0 Å². The largest absolute Gasteiger partial charge is 0.300 e. The van der Waals surface area contributed by atoms with E-state index in [1.807, 2.05) is 36.4 Å². The number of aromatic amines is 1. The summed E-state index contributed by atoms with van der Waals surface area (Å²) in [4.78, 5) is 24.4. The number of Topliss-reactive ketones (excluding diaryl/α,β-unsaturated/α-hetero) is 1. The summed E-state index contributed by atoms with van der Waals surface area (Å²) in [6.45, 7) is 3.85. The van der Waals surface area contributed by atoms with Crippen molar-refractivity contribution in [1.29, 1.82) is 0 Å². The van der Waals surface area contributed by atoms with Crippen LogP contribution in [0, 0.1) is 0 Å². The number of aromatic nitrogens is 4. The van der Waals surface area contributed by atoms with Crippen LogP contribution >= 0.6 is 22.9 Å². The molecule has 1 N–H and O–H groups in total. The monoisotopic (exact) mass is 495 g/mol. The number of alkyl halides is 1. The molecule has 174 valence electrons. The Labute approximate surface area is 205 Å². The van der Waals surface area contributed by atoms with Gasteiger partial charge in [-0.05, 0) is 60.9 Å². The zero-order valence-electron chi connectivity index (χ0n) is 18.8. The summed E-state index contributed by atoms with van der Waals surface area (Å²) in [5.74, 6) is 0.723. The normalized spacial score (nSPS) is 16.2. The molecule has 4 aromatic rings. The van der Waals surface area contributed by atoms with Crippen LogP contribution in [0.1, 0.15) is 36.7 Å². The Balaban J connectivity index is 1.63. The third-order valence-electron chi connectivity index (χ3n) is 5.83. The molecule has 1 aliphatic rings. The van der Waals surface area contributed by atoms with E-state index in [1.165, 1.54) is 6.33 Å². The number of rotatable bonds is 7. The van der Waals surface area contributed by atoms with Gasteiger partial charge in [-0.2, -0.15) is 5.10 Å². The summed E-state index contributed by atoms with van der Waals surface area (Å²) >= 11 is 7.74. The Bertz CT molecular complexity index is 1310. The van der Waals surface area contributed by atoms with Crippen LogP contribution in [0.15, 0.2) is 55.0 Å². The first-order valence-corrected chi connectivity index (χ1v) is 12.1. The number of carbonyl (C=O) groups excluding carboxylic acids is 1. The lowest BCUT2D eigenvalue weighted by Gasteiger charge is -2.47. The Morgan fingerprint density at radius 1 is 1.24 bits per heavy atom. The molecule has 1 aliphatic heterocycles. The van der Waals surface area contributed by atoms with E-state index in [1.54, 1.807) is 31.4 Å². The van der Waals surface area contributed by atoms with Crippen molar-refractivity contribution in [1.82, 2.24) is 25.1 Å². The van der Waals surface area contributed by atoms with Gasteiger partial charge in [-0.25, -0.2) is 9.37 Å². The van der Waals surface area contributed by atoms with Crippen molar-refractivity contribution in [2.24, 2.45) is 0 Å². The van der Waals surface area contributed by atoms with E-state index in [2.05, 4.69) is 31.1 Å². The lowest BCUT2D eigenvalue weighted by molar-refractivity contribution is -0.116. The Hall–Kier alpha value is -2.94. The fourth-order valence-electron chi connectivity index (χ4n) is 4.45. The third kappa shape index (κ3) is 4.66. The van der Waals surface area contributed by atoms with Crippen LogP contribution in [0.2, 0.25) is 5.02 Å². The zero-order valence-corrected chi connectivity index (χ0v) is 20.3. The first-order chi connectivity index (χ1) is 16.3. The van der Waals surface area contributed by atoms with Gasteiger partial charge in [-0.1, -0.05) is 23.7 Å². The number of likely N-dealkylation sites (tertiary alicyclic amines) is 1. The van der Waals surface area contributed by atoms with Crippen LogP contribution in [-0.2, 0) is 11.2 Å². The molecule has 9 heteroatoms. The van der Waals surface area contributed by atoms with Gasteiger partial charge in [0.1, 0.15) is 17.8 Å². The number of nitrogens with one attached hydrogen (secondary N) is 1. The van der Waals surface area contributed by atoms with Crippen molar-refractivity contribution in [3.63, 3.8) is 0 Å². The molecule has 0 amide bonds. The van der Waals surface area contributed by atoms with E-state index in [9.17, 15) is 9.18 Å². The smallest absolute Gasteiger partial charge is 0.165 e. The predicted octanol–water partition coefficient (Wildman–Crippen LogP) is 5.51. The number of pyridine rings is 1. The van der Waals surface area contributed by atoms with Crippen molar-refractivity contribution in [3.05, 3.63) is 76.8 Å².